The van der Waals surface area contributed by atoms with Crippen LogP contribution < -0.4 is 21.7 Å². The number of phenols is 1. The summed E-state index contributed by atoms with van der Waals surface area (Å²) in [5.41, 5.74) is 6.93. The van der Waals surface area contributed by atoms with Gasteiger partial charge in [-0.15, -0.1) is 0 Å². The van der Waals surface area contributed by atoms with Crippen molar-refractivity contribution in [3.63, 3.8) is 0 Å². The van der Waals surface area contributed by atoms with Gasteiger partial charge in [-0.2, -0.15) is 11.8 Å². The van der Waals surface area contributed by atoms with Crippen LogP contribution >= 0.6 is 11.8 Å². The molecule has 4 unspecified atom stereocenters. The summed E-state index contributed by atoms with van der Waals surface area (Å²) < 4.78 is 0. The summed E-state index contributed by atoms with van der Waals surface area (Å²) >= 11 is 1.45. The molecule has 11 nitrogen and oxygen atoms in total. The summed E-state index contributed by atoms with van der Waals surface area (Å²) in [6.07, 6.45) is 2.12. The number of aromatic hydroxyl groups is 1. The normalized spacial score (nSPS) is 14.0. The fourth-order valence-electron chi connectivity index (χ4n) is 3.54. The molecule has 3 amide bonds. The minimum absolute atomic E-state index is 0.0293. The molecule has 0 saturated carbocycles. The molecule has 0 aliphatic heterocycles. The number of benzene rings is 2. The molecule has 8 N–H and O–H groups in total. The van der Waals surface area contributed by atoms with Crippen molar-refractivity contribution in [2.45, 2.75) is 43.4 Å². The van der Waals surface area contributed by atoms with Gasteiger partial charge in [-0.1, -0.05) is 42.5 Å². The highest BCUT2D eigenvalue weighted by Crippen LogP contribution is 2.12. The maximum Gasteiger partial charge on any atom is 0.326 e. The molecule has 0 spiro atoms. The molecule has 0 aromatic heterocycles. The highest BCUT2D eigenvalue weighted by atomic mass is 32.2. The Morgan fingerprint density at radius 2 is 1.34 bits per heavy atom. The number of hydrogen-bond donors (Lipinski definition) is 7. The van der Waals surface area contributed by atoms with Gasteiger partial charge in [0.05, 0.1) is 6.61 Å². The number of amides is 3. The average molecular weight is 547 g/mol. The maximum absolute atomic E-state index is 13.3. The van der Waals surface area contributed by atoms with Crippen LogP contribution in [0.15, 0.2) is 54.6 Å². The van der Waals surface area contributed by atoms with E-state index in [1.54, 1.807) is 42.5 Å². The van der Waals surface area contributed by atoms with Crippen LogP contribution in [0, 0.1) is 0 Å². The second-order valence-electron chi connectivity index (χ2n) is 8.65. The zero-order chi connectivity index (χ0) is 28.1. The Hall–Kier alpha value is -3.61. The number of carboxylic acids is 1. The van der Waals surface area contributed by atoms with Crippen molar-refractivity contribution < 1.29 is 34.5 Å². The van der Waals surface area contributed by atoms with Gasteiger partial charge in [0.2, 0.25) is 17.7 Å². The molecule has 0 radical (unpaired) electrons. The van der Waals surface area contributed by atoms with Crippen molar-refractivity contribution in [1.29, 1.82) is 0 Å². The molecule has 0 aliphatic carbocycles. The maximum atomic E-state index is 13.3. The van der Waals surface area contributed by atoms with Crippen molar-refractivity contribution >= 4 is 35.5 Å². The monoisotopic (exact) mass is 546 g/mol. The number of carbonyl (C=O) groups excluding carboxylic acids is 3. The van der Waals surface area contributed by atoms with Crippen LogP contribution in [0.4, 0.5) is 0 Å². The summed E-state index contributed by atoms with van der Waals surface area (Å²) in [5.74, 6) is -2.79. The minimum atomic E-state index is -1.27. The lowest BCUT2D eigenvalue weighted by Gasteiger charge is -2.25. The Morgan fingerprint density at radius 1 is 0.816 bits per heavy atom. The largest absolute Gasteiger partial charge is 0.508 e. The van der Waals surface area contributed by atoms with Crippen molar-refractivity contribution in [1.82, 2.24) is 16.0 Å². The first-order valence-electron chi connectivity index (χ1n) is 12.0. The lowest BCUT2D eigenvalue weighted by molar-refractivity contribution is -0.142. The van der Waals surface area contributed by atoms with Gasteiger partial charge in [-0.25, -0.2) is 4.79 Å². The third-order valence-electron chi connectivity index (χ3n) is 5.68. The predicted molar refractivity (Wildman–Crippen MR) is 143 cm³/mol. The Labute approximate surface area is 225 Å². The van der Waals surface area contributed by atoms with E-state index in [-0.39, 0.29) is 25.0 Å². The lowest BCUT2D eigenvalue weighted by Crippen LogP contribution is -2.58. The second kappa shape index (κ2) is 15.6. The van der Waals surface area contributed by atoms with Crippen LogP contribution in [-0.2, 0) is 32.0 Å². The lowest BCUT2D eigenvalue weighted by atomic mass is 10.0. The van der Waals surface area contributed by atoms with E-state index in [1.165, 1.54) is 23.9 Å². The summed E-state index contributed by atoms with van der Waals surface area (Å²) in [6.45, 7) is -0.609. The fourth-order valence-corrected chi connectivity index (χ4v) is 4.01. The van der Waals surface area contributed by atoms with Gasteiger partial charge in [0.15, 0.2) is 0 Å². The third kappa shape index (κ3) is 10.0. The van der Waals surface area contributed by atoms with Crippen LogP contribution in [0.2, 0.25) is 0 Å². The molecule has 0 aliphatic rings. The highest BCUT2D eigenvalue weighted by Gasteiger charge is 2.30. The van der Waals surface area contributed by atoms with Crippen molar-refractivity contribution in [3.8, 4) is 5.75 Å². The van der Waals surface area contributed by atoms with Gasteiger partial charge >= 0.3 is 5.97 Å². The number of aliphatic hydroxyl groups excluding tert-OH is 1. The number of phenolic OH excluding ortho intramolecular Hbond substituents is 1. The number of carbonyl (C=O) groups is 4. The number of carboxylic acid groups (broad SMARTS) is 1. The Kier molecular flexibility index (Phi) is 12.6. The van der Waals surface area contributed by atoms with Crippen LogP contribution in [0.3, 0.4) is 0 Å². The number of aliphatic hydroxyl groups is 1. The quantitative estimate of drug-likeness (QED) is 0.158. The van der Waals surface area contributed by atoms with Gasteiger partial charge < -0.3 is 37.0 Å². The molecule has 206 valence electrons. The van der Waals surface area contributed by atoms with Gasteiger partial charge in [-0.3, -0.25) is 14.4 Å². The van der Waals surface area contributed by atoms with E-state index in [2.05, 4.69) is 16.0 Å². The smallest absolute Gasteiger partial charge is 0.326 e. The zero-order valence-corrected chi connectivity index (χ0v) is 21.8. The predicted octanol–water partition coefficient (Wildman–Crippen LogP) is -0.211. The molecule has 2 rings (SSSR count). The molecule has 2 aromatic rings. The van der Waals surface area contributed by atoms with Gasteiger partial charge in [-0.05, 0) is 41.7 Å². The highest BCUT2D eigenvalue weighted by molar-refractivity contribution is 7.98. The molecule has 12 heteroatoms. The Balaban J connectivity index is 2.19. The number of hydrogen-bond acceptors (Lipinski definition) is 8. The summed E-state index contributed by atoms with van der Waals surface area (Å²) in [7, 11) is 0. The van der Waals surface area contributed by atoms with Crippen LogP contribution in [0.5, 0.6) is 5.75 Å². The number of aliphatic carboxylic acids is 1. The van der Waals surface area contributed by atoms with Crippen LogP contribution in [-0.4, -0.2) is 81.8 Å². The molecule has 0 fully saturated rings. The molecule has 0 bridgehead atoms. The summed E-state index contributed by atoms with van der Waals surface area (Å²) in [6, 6.07) is 10.2. The number of nitrogens with one attached hydrogen (secondary N) is 3. The van der Waals surface area contributed by atoms with E-state index in [1.807, 2.05) is 6.26 Å². The first-order valence-corrected chi connectivity index (χ1v) is 13.3. The average Bonchev–Trinajstić information content (AvgIpc) is 2.91. The molecule has 0 heterocycles. The third-order valence-corrected chi connectivity index (χ3v) is 6.33. The molecule has 2 aromatic carbocycles. The van der Waals surface area contributed by atoms with Crippen molar-refractivity contribution in [3.05, 3.63) is 65.7 Å². The zero-order valence-electron chi connectivity index (χ0n) is 21.0. The summed E-state index contributed by atoms with van der Waals surface area (Å²) in [5, 5.41) is 36.0. The SMILES string of the molecule is CSCCC(NC(=O)C(Cc1ccccc1)NC(=O)C(N)CO)C(=O)NC(Cc1ccc(O)cc1)C(=O)O. The minimum Gasteiger partial charge on any atom is -0.508 e. The van der Waals surface area contributed by atoms with E-state index >= 15 is 0 Å². The molecular formula is C26H34N4O7S. The molecular weight excluding hydrogens is 512 g/mol. The molecule has 38 heavy (non-hydrogen) atoms. The van der Waals surface area contributed by atoms with E-state index in [9.17, 15) is 34.5 Å². The van der Waals surface area contributed by atoms with Crippen LogP contribution in [0.1, 0.15) is 17.5 Å². The van der Waals surface area contributed by atoms with Gasteiger partial charge in [0, 0.05) is 12.8 Å². The van der Waals surface area contributed by atoms with Crippen molar-refractivity contribution in [2.24, 2.45) is 5.73 Å². The Bertz CT molecular complexity index is 1070. The van der Waals surface area contributed by atoms with E-state index < -0.39 is 54.5 Å². The second-order valence-corrected chi connectivity index (χ2v) is 9.64. The van der Waals surface area contributed by atoms with Crippen LogP contribution in [0.25, 0.3) is 0 Å². The number of thioether (sulfide) groups is 1. The first-order chi connectivity index (χ1) is 18.1. The van der Waals surface area contributed by atoms with Gasteiger partial charge in [0.25, 0.3) is 0 Å². The van der Waals surface area contributed by atoms with E-state index in [0.717, 1.165) is 5.56 Å². The van der Waals surface area contributed by atoms with E-state index in [4.69, 9.17) is 5.73 Å². The van der Waals surface area contributed by atoms with Crippen molar-refractivity contribution in [2.75, 3.05) is 18.6 Å². The van der Waals surface area contributed by atoms with Gasteiger partial charge in [0.1, 0.15) is 29.9 Å². The standard InChI is InChI=1S/C26H34N4O7S/c1-38-12-11-20(24(34)30-22(26(36)37)14-17-7-9-18(32)10-8-17)28-25(35)21(29-23(33)19(27)15-31)13-16-5-3-2-4-6-16/h2-10,19-22,31-32H,11-15,27H2,1H3,(H,28,35)(H,29,33)(H,30,34)(H,36,37). The fraction of sp³-hybridized carbons (Fsp3) is 0.385. The topological polar surface area (TPSA) is 191 Å². The Morgan fingerprint density at radius 3 is 1.92 bits per heavy atom. The number of rotatable bonds is 15. The molecule has 0 saturated heterocycles. The van der Waals surface area contributed by atoms with E-state index in [0.29, 0.717) is 11.3 Å². The number of nitrogens with two attached hydrogens (primary N) is 1. The summed E-state index contributed by atoms with van der Waals surface area (Å²) in [4.78, 5) is 50.6. The first kappa shape index (κ1) is 30.6. The molecule has 4 atom stereocenters.